The second kappa shape index (κ2) is 8.51. The van der Waals surface area contributed by atoms with Crippen LogP contribution in [-0.2, 0) is 9.53 Å². The standard InChI is InChI=1S/C21H16Cl2N2O3S2/c1-3-28-20(27)17-11(2)24-21-25(18(17)15-5-4-8-29-15)19(26)16(30-21)9-12-6-7-13(22)10-14(12)23/h4-10,18H,3H2,1-2H3/b16-9-. The van der Waals surface area contributed by atoms with E-state index in [9.17, 15) is 9.59 Å². The number of aromatic nitrogens is 1. The summed E-state index contributed by atoms with van der Waals surface area (Å²) in [6, 6.07) is 8.32. The van der Waals surface area contributed by atoms with E-state index in [4.69, 9.17) is 27.9 Å². The Bertz CT molecular complexity index is 1340. The predicted molar refractivity (Wildman–Crippen MR) is 121 cm³/mol. The predicted octanol–water partition coefficient (Wildman–Crippen LogP) is 4.17. The van der Waals surface area contributed by atoms with Crippen molar-refractivity contribution in [1.29, 1.82) is 0 Å². The Morgan fingerprint density at radius 3 is 2.80 bits per heavy atom. The van der Waals surface area contributed by atoms with Crippen LogP contribution in [0, 0.1) is 0 Å². The summed E-state index contributed by atoms with van der Waals surface area (Å²) in [5.41, 5.74) is 1.37. The number of carbonyl (C=O) groups excluding carboxylic acids is 1. The molecule has 0 aliphatic carbocycles. The number of hydrogen-bond acceptors (Lipinski definition) is 6. The van der Waals surface area contributed by atoms with Crippen molar-refractivity contribution in [3.63, 3.8) is 0 Å². The van der Waals surface area contributed by atoms with Crippen molar-refractivity contribution in [2.75, 3.05) is 6.61 Å². The van der Waals surface area contributed by atoms with E-state index in [0.717, 1.165) is 4.88 Å². The average molecular weight is 479 g/mol. The van der Waals surface area contributed by atoms with Crippen LogP contribution >= 0.6 is 45.9 Å². The molecule has 0 N–H and O–H groups in total. The van der Waals surface area contributed by atoms with E-state index in [0.29, 0.717) is 36.2 Å². The van der Waals surface area contributed by atoms with Crippen LogP contribution in [0.25, 0.3) is 6.08 Å². The van der Waals surface area contributed by atoms with Gasteiger partial charge in [-0.15, -0.1) is 11.3 Å². The molecular formula is C21H16Cl2N2O3S2. The van der Waals surface area contributed by atoms with E-state index in [1.807, 2.05) is 17.5 Å². The largest absolute Gasteiger partial charge is 0.463 e. The van der Waals surface area contributed by atoms with Crippen molar-refractivity contribution in [2.45, 2.75) is 19.9 Å². The minimum atomic E-state index is -0.580. The molecule has 0 saturated carbocycles. The molecule has 1 aromatic carbocycles. The molecule has 1 aliphatic heterocycles. The van der Waals surface area contributed by atoms with Gasteiger partial charge in [-0.3, -0.25) is 9.36 Å². The van der Waals surface area contributed by atoms with Gasteiger partial charge in [0, 0.05) is 14.9 Å². The first-order chi connectivity index (χ1) is 14.4. The molecule has 30 heavy (non-hydrogen) atoms. The number of thiazole rings is 1. The number of thiophene rings is 1. The number of hydrogen-bond donors (Lipinski definition) is 0. The Labute approximate surface area is 190 Å². The van der Waals surface area contributed by atoms with Gasteiger partial charge in [0.05, 0.1) is 22.4 Å². The molecule has 0 radical (unpaired) electrons. The highest BCUT2D eigenvalue weighted by atomic mass is 35.5. The Kier molecular flexibility index (Phi) is 5.97. The third-order valence-corrected chi connectivity index (χ3v) is 7.05. The lowest BCUT2D eigenvalue weighted by Crippen LogP contribution is -2.39. The molecule has 4 rings (SSSR count). The molecule has 1 aliphatic rings. The maximum atomic E-state index is 13.4. The third kappa shape index (κ3) is 3.78. The summed E-state index contributed by atoms with van der Waals surface area (Å²) >= 11 is 15.0. The van der Waals surface area contributed by atoms with E-state index < -0.39 is 12.0 Å². The lowest BCUT2D eigenvalue weighted by molar-refractivity contribution is -0.139. The number of ether oxygens (including phenoxy) is 1. The summed E-state index contributed by atoms with van der Waals surface area (Å²) in [5.74, 6) is -0.466. The summed E-state index contributed by atoms with van der Waals surface area (Å²) in [6.45, 7) is 3.76. The monoisotopic (exact) mass is 478 g/mol. The van der Waals surface area contributed by atoms with Crippen molar-refractivity contribution in [1.82, 2.24) is 4.57 Å². The van der Waals surface area contributed by atoms with Crippen LogP contribution in [0.1, 0.15) is 30.3 Å². The molecule has 3 heterocycles. The van der Waals surface area contributed by atoms with Gasteiger partial charge in [0.2, 0.25) is 0 Å². The van der Waals surface area contributed by atoms with Crippen LogP contribution in [0.5, 0.6) is 0 Å². The van der Waals surface area contributed by atoms with Crippen molar-refractivity contribution in [2.24, 2.45) is 4.99 Å². The minimum Gasteiger partial charge on any atom is -0.463 e. The molecule has 3 aromatic rings. The zero-order valence-electron chi connectivity index (χ0n) is 16.0. The first kappa shape index (κ1) is 21.1. The molecule has 0 amide bonds. The number of nitrogens with zero attached hydrogens (tertiary/aromatic N) is 2. The van der Waals surface area contributed by atoms with Gasteiger partial charge >= 0.3 is 5.97 Å². The van der Waals surface area contributed by atoms with Crippen molar-refractivity contribution in [3.8, 4) is 0 Å². The molecule has 5 nitrogen and oxygen atoms in total. The van der Waals surface area contributed by atoms with Gasteiger partial charge in [-0.1, -0.05) is 46.7 Å². The molecular weight excluding hydrogens is 463 g/mol. The number of rotatable bonds is 4. The van der Waals surface area contributed by atoms with Crippen molar-refractivity contribution >= 4 is 57.9 Å². The van der Waals surface area contributed by atoms with Crippen LogP contribution in [0.15, 0.2) is 56.8 Å². The summed E-state index contributed by atoms with van der Waals surface area (Å²) < 4.78 is 7.29. The van der Waals surface area contributed by atoms with Gasteiger partial charge in [0.1, 0.15) is 6.04 Å². The molecule has 1 unspecified atom stereocenters. The van der Waals surface area contributed by atoms with Crippen molar-refractivity contribution < 1.29 is 9.53 Å². The van der Waals surface area contributed by atoms with E-state index in [-0.39, 0.29) is 12.2 Å². The fourth-order valence-electron chi connectivity index (χ4n) is 3.27. The fourth-order valence-corrected chi connectivity index (χ4v) is 5.59. The molecule has 9 heteroatoms. The quantitative estimate of drug-likeness (QED) is 0.528. The van der Waals surface area contributed by atoms with Gasteiger partial charge in [0.15, 0.2) is 4.80 Å². The Hall–Kier alpha value is -2.19. The maximum absolute atomic E-state index is 13.4. The number of fused-ring (bicyclic) bond motifs is 1. The SMILES string of the molecule is CCOC(=O)C1=C(C)N=c2s/c(=C\c3ccc(Cl)cc3Cl)c(=O)n2C1c1cccs1. The molecule has 0 fully saturated rings. The van der Waals surface area contributed by atoms with E-state index >= 15 is 0 Å². The summed E-state index contributed by atoms with van der Waals surface area (Å²) in [4.78, 5) is 32.0. The first-order valence-corrected chi connectivity index (χ1v) is 11.5. The summed E-state index contributed by atoms with van der Waals surface area (Å²) in [5, 5.41) is 2.88. The Morgan fingerprint density at radius 2 is 2.13 bits per heavy atom. The van der Waals surface area contributed by atoms with Gasteiger partial charge in [-0.25, -0.2) is 9.79 Å². The summed E-state index contributed by atoms with van der Waals surface area (Å²) in [6.07, 6.45) is 1.72. The van der Waals surface area contributed by atoms with Crippen molar-refractivity contribution in [3.05, 3.63) is 87.2 Å². The van der Waals surface area contributed by atoms with Crippen LogP contribution in [0.3, 0.4) is 0 Å². The van der Waals surface area contributed by atoms with Crippen LogP contribution < -0.4 is 14.9 Å². The number of benzene rings is 1. The lowest BCUT2D eigenvalue weighted by Gasteiger charge is -2.23. The van der Waals surface area contributed by atoms with E-state index in [1.165, 1.54) is 22.7 Å². The average Bonchev–Trinajstić information content (AvgIpc) is 3.32. The minimum absolute atomic E-state index is 0.238. The zero-order chi connectivity index (χ0) is 21.4. The molecule has 1 atom stereocenters. The first-order valence-electron chi connectivity index (χ1n) is 9.08. The third-order valence-electron chi connectivity index (χ3n) is 4.58. The van der Waals surface area contributed by atoms with E-state index in [2.05, 4.69) is 4.99 Å². The fraction of sp³-hybridized carbons (Fsp3) is 0.190. The van der Waals surface area contributed by atoms with Gasteiger partial charge in [0.25, 0.3) is 5.56 Å². The number of carbonyl (C=O) groups is 1. The number of allylic oxidation sites excluding steroid dienone is 1. The smallest absolute Gasteiger partial charge is 0.338 e. The second-order valence-corrected chi connectivity index (χ2v) is 9.32. The normalized spacial score (nSPS) is 16.4. The molecule has 154 valence electrons. The molecule has 0 bridgehead atoms. The molecule has 0 spiro atoms. The van der Waals surface area contributed by atoms with Gasteiger partial charge < -0.3 is 4.74 Å². The molecule has 0 saturated heterocycles. The van der Waals surface area contributed by atoms with Gasteiger partial charge in [-0.05, 0) is 49.1 Å². The zero-order valence-corrected chi connectivity index (χ0v) is 19.2. The summed E-state index contributed by atoms with van der Waals surface area (Å²) in [7, 11) is 0. The van der Waals surface area contributed by atoms with E-state index in [1.54, 1.807) is 42.7 Å². The highest BCUT2D eigenvalue weighted by Gasteiger charge is 2.33. The Balaban J connectivity index is 1.95. The second-order valence-electron chi connectivity index (χ2n) is 6.48. The maximum Gasteiger partial charge on any atom is 0.338 e. The Morgan fingerprint density at radius 1 is 1.33 bits per heavy atom. The number of esters is 1. The topological polar surface area (TPSA) is 60.7 Å². The lowest BCUT2D eigenvalue weighted by atomic mass is 10.0. The van der Waals surface area contributed by atoms with Crippen LogP contribution in [0.2, 0.25) is 10.0 Å². The highest BCUT2D eigenvalue weighted by molar-refractivity contribution is 7.10. The number of halogens is 2. The molecule has 2 aromatic heterocycles. The van der Waals surface area contributed by atoms with Crippen LogP contribution in [0.4, 0.5) is 0 Å². The van der Waals surface area contributed by atoms with Crippen LogP contribution in [-0.4, -0.2) is 17.1 Å². The van der Waals surface area contributed by atoms with Gasteiger partial charge in [-0.2, -0.15) is 0 Å². The highest BCUT2D eigenvalue weighted by Crippen LogP contribution is 2.33.